The molecule has 51 heavy (non-hydrogen) atoms. The smallest absolute Gasteiger partial charge is 0.136 e. The van der Waals surface area contributed by atoms with Gasteiger partial charge in [-0.2, -0.15) is 0 Å². The Morgan fingerprint density at radius 1 is 0.333 bits per heavy atom. The molecule has 9 rings (SSSR count). The lowest BCUT2D eigenvalue weighted by Gasteiger charge is -2.27. The largest absolute Gasteiger partial charge is 0.456 e. The lowest BCUT2D eigenvalue weighted by Crippen LogP contribution is -2.17. The number of hydrogen-bond donors (Lipinski definition) is 0. The van der Waals surface area contributed by atoms with E-state index in [2.05, 4.69) is 199 Å². The van der Waals surface area contributed by atoms with Gasteiger partial charge in [-0.1, -0.05) is 164 Å². The van der Waals surface area contributed by atoms with Crippen LogP contribution in [0, 0.1) is 0 Å². The van der Waals surface area contributed by atoms with Crippen LogP contribution in [0.5, 0.6) is 0 Å². The van der Waals surface area contributed by atoms with E-state index in [1.807, 2.05) is 6.07 Å². The third-order valence-electron chi connectivity index (χ3n) is 9.81. The summed E-state index contributed by atoms with van der Waals surface area (Å²) < 4.78 is 6.43. The molecule has 0 amide bonds. The van der Waals surface area contributed by atoms with Crippen LogP contribution in [-0.4, -0.2) is 0 Å². The van der Waals surface area contributed by atoms with E-state index in [-0.39, 0.29) is 0 Å². The molecule has 0 saturated carbocycles. The van der Waals surface area contributed by atoms with Gasteiger partial charge in [-0.3, -0.25) is 0 Å². The zero-order valence-corrected chi connectivity index (χ0v) is 28.1. The number of hydrogen-bond acceptors (Lipinski definition) is 2. The van der Waals surface area contributed by atoms with Gasteiger partial charge in [0, 0.05) is 28.7 Å². The minimum absolute atomic E-state index is 0.667. The molecule has 0 unspecified atom stereocenters. The first-order chi connectivity index (χ1) is 25.3. The van der Waals surface area contributed by atoms with Gasteiger partial charge in [0.25, 0.3) is 0 Å². The van der Waals surface area contributed by atoms with Crippen LogP contribution in [0.4, 0.5) is 11.4 Å². The van der Waals surface area contributed by atoms with E-state index in [9.17, 15) is 0 Å². The average molecular weight is 654 g/mol. The Hall–Kier alpha value is -6.64. The molecular weight excluding hydrogens is 619 g/mol. The average Bonchev–Trinajstić information content (AvgIpc) is 3.60. The van der Waals surface area contributed by atoms with Gasteiger partial charge in [0.15, 0.2) is 0 Å². The van der Waals surface area contributed by atoms with Crippen LogP contribution in [0.15, 0.2) is 205 Å². The topological polar surface area (TPSA) is 16.4 Å². The Morgan fingerprint density at radius 2 is 0.745 bits per heavy atom. The third-order valence-corrected chi connectivity index (χ3v) is 9.81. The molecule has 0 aliphatic rings. The van der Waals surface area contributed by atoms with Crippen LogP contribution in [0.3, 0.4) is 0 Å². The summed E-state index contributed by atoms with van der Waals surface area (Å²) in [7, 11) is 0. The number of rotatable bonds is 8. The summed E-state index contributed by atoms with van der Waals surface area (Å²) in [6.07, 6.45) is 0. The Bertz CT molecular complexity index is 2470. The lowest BCUT2D eigenvalue weighted by atomic mass is 9.92. The number of anilines is 2. The first kappa shape index (κ1) is 30.4. The number of furan rings is 1. The Labute approximate surface area is 298 Å². The first-order valence-corrected chi connectivity index (χ1v) is 17.5. The van der Waals surface area contributed by atoms with Crippen molar-refractivity contribution in [2.45, 2.75) is 6.54 Å². The second-order valence-corrected chi connectivity index (χ2v) is 12.9. The molecular formula is C49H35NO. The summed E-state index contributed by atoms with van der Waals surface area (Å²) in [5.41, 5.74) is 14.9. The minimum atomic E-state index is 0.667. The molecule has 9 aromatic rings. The van der Waals surface area contributed by atoms with E-state index in [0.29, 0.717) is 6.54 Å². The minimum Gasteiger partial charge on any atom is -0.456 e. The molecule has 0 atom stereocenters. The maximum Gasteiger partial charge on any atom is 0.136 e. The highest BCUT2D eigenvalue weighted by Gasteiger charge is 2.20. The van der Waals surface area contributed by atoms with Gasteiger partial charge in [0.05, 0.1) is 0 Å². The Balaban J connectivity index is 1.18. The zero-order valence-electron chi connectivity index (χ0n) is 28.1. The van der Waals surface area contributed by atoms with E-state index in [0.717, 1.165) is 33.3 Å². The highest BCUT2D eigenvalue weighted by Crippen LogP contribution is 2.41. The molecule has 0 aliphatic heterocycles. The number of nitrogens with zero attached hydrogens (tertiary/aromatic N) is 1. The summed E-state index contributed by atoms with van der Waals surface area (Å²) in [6.45, 7) is 0.667. The fourth-order valence-electron chi connectivity index (χ4n) is 7.21. The van der Waals surface area contributed by atoms with Crippen molar-refractivity contribution in [1.29, 1.82) is 0 Å². The molecule has 2 heteroatoms. The van der Waals surface area contributed by atoms with Gasteiger partial charge in [-0.05, 0) is 86.5 Å². The standard InChI is InChI=1S/C49H35NO/c1-4-12-35(13-5-1)38-20-22-41(23-21-38)48-42(28-33-47-49(48)45-18-10-11-19-46(45)51-47)34-50(43-29-24-39(25-30-43)36-14-6-2-7-15-36)44-31-26-40(27-32-44)37-16-8-3-9-17-37/h1-33H,34H2. The molecule has 0 saturated heterocycles. The van der Waals surface area contributed by atoms with Crippen LogP contribution in [0.2, 0.25) is 0 Å². The molecule has 0 aliphatic carbocycles. The van der Waals surface area contributed by atoms with Gasteiger partial charge in [0.2, 0.25) is 0 Å². The van der Waals surface area contributed by atoms with Crippen molar-refractivity contribution in [1.82, 2.24) is 0 Å². The lowest BCUT2D eigenvalue weighted by molar-refractivity contribution is 0.669. The summed E-state index contributed by atoms with van der Waals surface area (Å²) in [4.78, 5) is 2.43. The predicted molar refractivity (Wildman–Crippen MR) is 214 cm³/mol. The first-order valence-electron chi connectivity index (χ1n) is 17.5. The molecule has 0 bridgehead atoms. The SMILES string of the molecule is c1ccc(-c2ccc(-c3c(CN(c4ccc(-c5ccccc5)cc4)c4ccc(-c5ccccc5)cc4)ccc4oc5ccccc5c34)cc2)cc1. The fraction of sp³-hybridized carbons (Fsp3) is 0.0204. The molecule has 1 aromatic heterocycles. The van der Waals surface area contributed by atoms with Crippen LogP contribution in [-0.2, 0) is 6.54 Å². The molecule has 0 spiro atoms. The molecule has 2 nitrogen and oxygen atoms in total. The van der Waals surface area contributed by atoms with Gasteiger partial charge < -0.3 is 9.32 Å². The van der Waals surface area contributed by atoms with Crippen LogP contribution < -0.4 is 4.90 Å². The second kappa shape index (κ2) is 13.3. The van der Waals surface area contributed by atoms with Gasteiger partial charge >= 0.3 is 0 Å². The second-order valence-electron chi connectivity index (χ2n) is 12.9. The van der Waals surface area contributed by atoms with Crippen molar-refractivity contribution in [3.63, 3.8) is 0 Å². The molecule has 242 valence electrons. The van der Waals surface area contributed by atoms with E-state index in [1.54, 1.807) is 0 Å². The normalized spacial score (nSPS) is 11.2. The van der Waals surface area contributed by atoms with Gasteiger partial charge in [-0.15, -0.1) is 0 Å². The molecule has 0 N–H and O–H groups in total. The van der Waals surface area contributed by atoms with Crippen molar-refractivity contribution in [3.05, 3.63) is 206 Å². The zero-order chi connectivity index (χ0) is 34.0. The third kappa shape index (κ3) is 5.98. The summed E-state index contributed by atoms with van der Waals surface area (Å²) in [5.74, 6) is 0. The van der Waals surface area contributed by atoms with Gasteiger partial charge in [0.1, 0.15) is 11.2 Å². The van der Waals surface area contributed by atoms with E-state index in [1.165, 1.54) is 50.1 Å². The van der Waals surface area contributed by atoms with Crippen LogP contribution >= 0.6 is 0 Å². The van der Waals surface area contributed by atoms with E-state index < -0.39 is 0 Å². The van der Waals surface area contributed by atoms with Crippen molar-refractivity contribution in [2.24, 2.45) is 0 Å². The highest BCUT2D eigenvalue weighted by molar-refractivity contribution is 6.13. The van der Waals surface area contributed by atoms with Crippen molar-refractivity contribution in [2.75, 3.05) is 4.90 Å². The number of fused-ring (bicyclic) bond motifs is 3. The Kier molecular flexibility index (Phi) is 7.96. The van der Waals surface area contributed by atoms with E-state index >= 15 is 0 Å². The van der Waals surface area contributed by atoms with Crippen LogP contribution in [0.1, 0.15) is 5.56 Å². The van der Waals surface area contributed by atoms with Crippen LogP contribution in [0.25, 0.3) is 66.4 Å². The molecule has 0 radical (unpaired) electrons. The highest BCUT2D eigenvalue weighted by atomic mass is 16.3. The number of benzene rings is 8. The fourth-order valence-corrected chi connectivity index (χ4v) is 7.21. The maximum absolute atomic E-state index is 6.43. The quantitative estimate of drug-likeness (QED) is 0.162. The van der Waals surface area contributed by atoms with Crippen molar-refractivity contribution < 1.29 is 4.42 Å². The molecule has 8 aromatic carbocycles. The number of para-hydroxylation sites is 1. The predicted octanol–water partition coefficient (Wildman–Crippen LogP) is 13.6. The van der Waals surface area contributed by atoms with Gasteiger partial charge in [-0.25, -0.2) is 0 Å². The summed E-state index contributed by atoms with van der Waals surface area (Å²) in [6, 6.07) is 71.3. The monoisotopic (exact) mass is 653 g/mol. The van der Waals surface area contributed by atoms with E-state index in [4.69, 9.17) is 4.42 Å². The maximum atomic E-state index is 6.43. The Morgan fingerprint density at radius 3 is 1.25 bits per heavy atom. The molecule has 0 fully saturated rings. The molecule has 1 heterocycles. The summed E-state index contributed by atoms with van der Waals surface area (Å²) in [5, 5.41) is 2.27. The summed E-state index contributed by atoms with van der Waals surface area (Å²) >= 11 is 0. The van der Waals surface area contributed by atoms with Crippen molar-refractivity contribution >= 4 is 33.3 Å². The van der Waals surface area contributed by atoms with Crippen molar-refractivity contribution in [3.8, 4) is 44.5 Å².